The normalized spacial score (nSPS) is 48.6. The molecular formula is C12H21NO. The van der Waals surface area contributed by atoms with E-state index >= 15 is 0 Å². The van der Waals surface area contributed by atoms with E-state index in [9.17, 15) is 5.11 Å². The predicted molar refractivity (Wildman–Crippen MR) is 56.0 cm³/mol. The average molecular weight is 195 g/mol. The molecule has 2 heteroatoms. The van der Waals surface area contributed by atoms with Crippen molar-refractivity contribution in [2.24, 2.45) is 11.8 Å². The molecule has 4 atom stereocenters. The minimum Gasteiger partial charge on any atom is -0.391 e. The van der Waals surface area contributed by atoms with E-state index in [2.05, 4.69) is 4.90 Å². The number of nitrogens with zero attached hydrogens (tertiary/aromatic N) is 1. The van der Waals surface area contributed by atoms with Gasteiger partial charge in [-0.25, -0.2) is 0 Å². The first-order valence-corrected chi connectivity index (χ1v) is 6.27. The Morgan fingerprint density at radius 3 is 2.07 bits per heavy atom. The summed E-state index contributed by atoms with van der Waals surface area (Å²) in [6.07, 6.45) is 7.84. The van der Waals surface area contributed by atoms with Gasteiger partial charge in [0, 0.05) is 19.1 Å². The molecule has 4 unspecified atom stereocenters. The van der Waals surface area contributed by atoms with E-state index in [1.165, 1.54) is 45.2 Å². The molecule has 0 amide bonds. The van der Waals surface area contributed by atoms with Gasteiger partial charge >= 0.3 is 0 Å². The van der Waals surface area contributed by atoms with Gasteiger partial charge in [-0.1, -0.05) is 6.42 Å². The number of fused-ring (bicyclic) bond motifs is 1. The first-order valence-electron chi connectivity index (χ1n) is 6.27. The molecule has 0 aromatic rings. The number of aliphatic hydroxyl groups excluding tert-OH is 1. The number of hydrogen-bond acceptors (Lipinski definition) is 2. The van der Waals surface area contributed by atoms with Gasteiger partial charge < -0.3 is 5.11 Å². The first kappa shape index (κ1) is 9.17. The van der Waals surface area contributed by atoms with E-state index in [0.717, 1.165) is 18.3 Å². The van der Waals surface area contributed by atoms with Crippen molar-refractivity contribution in [2.75, 3.05) is 13.1 Å². The lowest BCUT2D eigenvalue weighted by Crippen LogP contribution is -2.39. The molecule has 0 radical (unpaired) electrons. The molecule has 14 heavy (non-hydrogen) atoms. The summed E-state index contributed by atoms with van der Waals surface area (Å²) in [6, 6.07) is 0.514. The molecule has 80 valence electrons. The van der Waals surface area contributed by atoms with Crippen LogP contribution in [0.1, 0.15) is 38.5 Å². The maximum Gasteiger partial charge on any atom is 0.0695 e. The lowest BCUT2D eigenvalue weighted by molar-refractivity contribution is 0.0805. The van der Waals surface area contributed by atoms with Crippen LogP contribution in [0.3, 0.4) is 0 Å². The van der Waals surface area contributed by atoms with Crippen LogP contribution in [0.25, 0.3) is 0 Å². The van der Waals surface area contributed by atoms with E-state index in [1.807, 2.05) is 0 Å². The molecule has 1 saturated heterocycles. The zero-order chi connectivity index (χ0) is 9.54. The van der Waals surface area contributed by atoms with Crippen LogP contribution in [-0.4, -0.2) is 35.2 Å². The van der Waals surface area contributed by atoms with Gasteiger partial charge in [-0.05, 0) is 43.9 Å². The van der Waals surface area contributed by atoms with E-state index in [1.54, 1.807) is 0 Å². The van der Waals surface area contributed by atoms with Gasteiger partial charge in [-0.15, -0.1) is 0 Å². The number of rotatable bonds is 1. The largest absolute Gasteiger partial charge is 0.391 e. The molecule has 2 aliphatic carbocycles. The van der Waals surface area contributed by atoms with E-state index in [-0.39, 0.29) is 6.10 Å². The zero-order valence-corrected chi connectivity index (χ0v) is 8.86. The maximum absolute atomic E-state index is 9.87. The van der Waals surface area contributed by atoms with Crippen molar-refractivity contribution >= 4 is 0 Å². The van der Waals surface area contributed by atoms with Crippen LogP contribution in [0.4, 0.5) is 0 Å². The summed E-state index contributed by atoms with van der Waals surface area (Å²) in [5.41, 5.74) is 0. The molecule has 0 aromatic heterocycles. The number of aliphatic hydroxyl groups is 1. The Labute approximate surface area is 86.3 Å². The van der Waals surface area contributed by atoms with Crippen molar-refractivity contribution in [3.63, 3.8) is 0 Å². The van der Waals surface area contributed by atoms with Crippen molar-refractivity contribution in [1.82, 2.24) is 4.90 Å². The Bertz CT molecular complexity index is 206. The zero-order valence-electron chi connectivity index (χ0n) is 8.86. The number of likely N-dealkylation sites (tertiary alicyclic amines) is 1. The van der Waals surface area contributed by atoms with Gasteiger partial charge in [0.15, 0.2) is 0 Å². The smallest absolute Gasteiger partial charge is 0.0695 e. The minimum atomic E-state index is -0.0196. The second-order valence-corrected chi connectivity index (χ2v) is 5.47. The average Bonchev–Trinajstić information content (AvgIpc) is 2.75. The third-order valence-electron chi connectivity index (χ3n) is 4.67. The second kappa shape index (κ2) is 3.49. The highest BCUT2D eigenvalue weighted by Gasteiger charge is 2.41. The molecule has 1 heterocycles. The Balaban J connectivity index is 1.65. The third-order valence-corrected chi connectivity index (χ3v) is 4.67. The third kappa shape index (κ3) is 1.40. The fraction of sp³-hybridized carbons (Fsp3) is 1.00. The highest BCUT2D eigenvalue weighted by Crippen LogP contribution is 2.40. The minimum absolute atomic E-state index is 0.0196. The van der Waals surface area contributed by atoms with Crippen LogP contribution < -0.4 is 0 Å². The Morgan fingerprint density at radius 2 is 1.50 bits per heavy atom. The van der Waals surface area contributed by atoms with Crippen LogP contribution in [-0.2, 0) is 0 Å². The maximum atomic E-state index is 9.87. The second-order valence-electron chi connectivity index (χ2n) is 5.47. The lowest BCUT2D eigenvalue weighted by atomic mass is 10.0. The van der Waals surface area contributed by atoms with Gasteiger partial charge in [0.1, 0.15) is 0 Å². The van der Waals surface area contributed by atoms with Crippen LogP contribution in [0.2, 0.25) is 0 Å². The highest BCUT2D eigenvalue weighted by molar-refractivity contribution is 4.94. The molecule has 2 saturated carbocycles. The van der Waals surface area contributed by atoms with Gasteiger partial charge in [-0.3, -0.25) is 4.90 Å². The molecule has 3 rings (SSSR count). The van der Waals surface area contributed by atoms with Crippen LogP contribution >= 0.6 is 0 Å². The van der Waals surface area contributed by atoms with Crippen molar-refractivity contribution in [3.8, 4) is 0 Å². The van der Waals surface area contributed by atoms with Gasteiger partial charge in [0.05, 0.1) is 6.10 Å². The monoisotopic (exact) mass is 195 g/mol. The fourth-order valence-corrected chi connectivity index (χ4v) is 3.89. The molecule has 2 nitrogen and oxygen atoms in total. The molecule has 0 aromatic carbocycles. The van der Waals surface area contributed by atoms with Gasteiger partial charge in [0.25, 0.3) is 0 Å². The molecule has 1 N–H and O–H groups in total. The number of hydrogen-bond donors (Lipinski definition) is 1. The lowest BCUT2D eigenvalue weighted by Gasteiger charge is -2.27. The Kier molecular flexibility index (Phi) is 2.29. The molecule has 0 spiro atoms. The molecule has 3 fully saturated rings. The van der Waals surface area contributed by atoms with Crippen molar-refractivity contribution in [1.29, 1.82) is 0 Å². The van der Waals surface area contributed by atoms with Crippen LogP contribution in [0.5, 0.6) is 0 Å². The van der Waals surface area contributed by atoms with Crippen molar-refractivity contribution in [2.45, 2.75) is 50.7 Å². The Morgan fingerprint density at radius 1 is 0.857 bits per heavy atom. The first-order chi connectivity index (χ1) is 6.84. The predicted octanol–water partition coefficient (Wildman–Crippen LogP) is 1.63. The summed E-state index contributed by atoms with van der Waals surface area (Å²) in [6.45, 7) is 2.57. The fourth-order valence-electron chi connectivity index (χ4n) is 3.89. The molecule has 0 bridgehead atoms. The van der Waals surface area contributed by atoms with E-state index in [4.69, 9.17) is 0 Å². The van der Waals surface area contributed by atoms with Crippen LogP contribution in [0, 0.1) is 11.8 Å². The van der Waals surface area contributed by atoms with E-state index in [0.29, 0.717) is 6.04 Å². The van der Waals surface area contributed by atoms with Crippen LogP contribution in [0.15, 0.2) is 0 Å². The SMILES string of the molecule is OC1CCCC1N1CC2CCCC2C1. The van der Waals surface area contributed by atoms with Gasteiger partial charge in [-0.2, -0.15) is 0 Å². The summed E-state index contributed by atoms with van der Waals surface area (Å²) in [7, 11) is 0. The Hall–Kier alpha value is -0.0800. The van der Waals surface area contributed by atoms with Gasteiger partial charge in [0.2, 0.25) is 0 Å². The summed E-state index contributed by atoms with van der Waals surface area (Å²) < 4.78 is 0. The summed E-state index contributed by atoms with van der Waals surface area (Å²) >= 11 is 0. The van der Waals surface area contributed by atoms with Crippen molar-refractivity contribution in [3.05, 3.63) is 0 Å². The molecular weight excluding hydrogens is 174 g/mol. The quantitative estimate of drug-likeness (QED) is 0.687. The summed E-state index contributed by atoms with van der Waals surface area (Å²) in [4.78, 5) is 2.59. The molecule has 3 aliphatic rings. The summed E-state index contributed by atoms with van der Waals surface area (Å²) in [5.74, 6) is 1.95. The summed E-state index contributed by atoms with van der Waals surface area (Å²) in [5, 5.41) is 9.87. The molecule has 1 aliphatic heterocycles. The van der Waals surface area contributed by atoms with E-state index < -0.39 is 0 Å². The standard InChI is InChI=1S/C12H21NO/c14-12-6-2-5-11(12)13-7-9-3-1-4-10(9)8-13/h9-12,14H,1-8H2. The van der Waals surface area contributed by atoms with Crippen molar-refractivity contribution < 1.29 is 5.11 Å². The highest BCUT2D eigenvalue weighted by atomic mass is 16.3. The topological polar surface area (TPSA) is 23.5 Å².